The quantitative estimate of drug-likeness (QED) is 0.655. The Kier molecular flexibility index (Phi) is 3.15. The lowest BCUT2D eigenvalue weighted by Gasteiger charge is -2.38. The molecule has 2 heteroatoms. The van der Waals surface area contributed by atoms with Crippen LogP contribution in [0.4, 0.5) is 0 Å². The monoisotopic (exact) mass is 210 g/mol. The average molecular weight is 210 g/mol. The Morgan fingerprint density at radius 3 is 2.27 bits per heavy atom. The molecular weight excluding hydrogens is 188 g/mol. The predicted octanol–water partition coefficient (Wildman–Crippen LogP) is 2.95. The Morgan fingerprint density at radius 1 is 1.20 bits per heavy atom. The van der Waals surface area contributed by atoms with Gasteiger partial charge in [-0.2, -0.15) is 0 Å². The summed E-state index contributed by atoms with van der Waals surface area (Å²) in [6.07, 6.45) is 7.80. The van der Waals surface area contributed by atoms with Crippen molar-refractivity contribution in [3.63, 3.8) is 0 Å². The zero-order valence-electron chi connectivity index (χ0n) is 9.87. The van der Waals surface area contributed by atoms with Gasteiger partial charge in [-0.15, -0.1) is 0 Å². The van der Waals surface area contributed by atoms with Crippen LogP contribution in [0.2, 0.25) is 0 Å². The van der Waals surface area contributed by atoms with Crippen molar-refractivity contribution in [2.75, 3.05) is 0 Å². The lowest BCUT2D eigenvalue weighted by molar-refractivity contribution is -0.126. The predicted molar refractivity (Wildman–Crippen MR) is 59.7 cm³/mol. The summed E-state index contributed by atoms with van der Waals surface area (Å²) in [5.74, 6) is 1.67. The molecule has 1 saturated heterocycles. The number of ether oxygens (including phenoxy) is 1. The van der Waals surface area contributed by atoms with Crippen LogP contribution in [-0.2, 0) is 9.53 Å². The van der Waals surface area contributed by atoms with E-state index in [-0.39, 0.29) is 11.7 Å². The first-order valence-electron chi connectivity index (χ1n) is 6.28. The van der Waals surface area contributed by atoms with Crippen molar-refractivity contribution in [2.45, 2.75) is 64.1 Å². The molecule has 1 saturated carbocycles. The van der Waals surface area contributed by atoms with Gasteiger partial charge in [-0.1, -0.05) is 13.8 Å². The minimum atomic E-state index is -0.111. The third kappa shape index (κ3) is 2.25. The molecule has 0 aromatic rings. The molecule has 0 aromatic carbocycles. The van der Waals surface area contributed by atoms with Crippen LogP contribution >= 0.6 is 0 Å². The van der Waals surface area contributed by atoms with Crippen molar-refractivity contribution in [1.82, 2.24) is 0 Å². The summed E-state index contributed by atoms with van der Waals surface area (Å²) in [6, 6.07) is 0. The lowest BCUT2D eigenvalue weighted by Crippen LogP contribution is -2.35. The molecule has 15 heavy (non-hydrogen) atoms. The van der Waals surface area contributed by atoms with Gasteiger partial charge in [0.25, 0.3) is 0 Å². The van der Waals surface area contributed by atoms with Gasteiger partial charge in [0.1, 0.15) is 12.4 Å². The highest BCUT2D eigenvalue weighted by molar-refractivity contribution is 5.56. The minimum Gasteiger partial charge on any atom is -0.364 e. The molecule has 1 heterocycles. The van der Waals surface area contributed by atoms with E-state index in [2.05, 4.69) is 13.8 Å². The maximum absolute atomic E-state index is 10.7. The third-order valence-electron chi connectivity index (χ3n) is 4.32. The van der Waals surface area contributed by atoms with Crippen LogP contribution in [0.1, 0.15) is 52.4 Å². The van der Waals surface area contributed by atoms with Crippen molar-refractivity contribution < 1.29 is 9.53 Å². The smallest absolute Gasteiger partial charge is 0.148 e. The van der Waals surface area contributed by atoms with E-state index in [0.29, 0.717) is 0 Å². The van der Waals surface area contributed by atoms with Gasteiger partial charge in [0, 0.05) is 0 Å². The van der Waals surface area contributed by atoms with Gasteiger partial charge >= 0.3 is 0 Å². The highest BCUT2D eigenvalue weighted by Gasteiger charge is 2.42. The van der Waals surface area contributed by atoms with Crippen molar-refractivity contribution >= 4 is 6.29 Å². The van der Waals surface area contributed by atoms with E-state index in [0.717, 1.165) is 31.0 Å². The fourth-order valence-corrected chi connectivity index (χ4v) is 3.14. The molecule has 1 aliphatic carbocycles. The molecule has 0 aromatic heterocycles. The lowest BCUT2D eigenvalue weighted by atomic mass is 9.73. The molecule has 0 bridgehead atoms. The maximum atomic E-state index is 10.7. The molecule has 2 aliphatic rings. The summed E-state index contributed by atoms with van der Waals surface area (Å²) in [4.78, 5) is 10.7. The van der Waals surface area contributed by atoms with Crippen LogP contribution < -0.4 is 0 Å². The fourth-order valence-electron chi connectivity index (χ4n) is 3.14. The Hall–Kier alpha value is -0.370. The van der Waals surface area contributed by atoms with Crippen molar-refractivity contribution in [3.05, 3.63) is 0 Å². The van der Waals surface area contributed by atoms with Gasteiger partial charge in [-0.25, -0.2) is 0 Å². The van der Waals surface area contributed by atoms with Gasteiger partial charge in [0.15, 0.2) is 0 Å². The molecule has 2 rings (SSSR count). The van der Waals surface area contributed by atoms with E-state index >= 15 is 0 Å². The SMILES string of the molecule is CC(C)C1CCC2(CCC(C=O)O2)CC1. The van der Waals surface area contributed by atoms with Crippen LogP contribution in [0.5, 0.6) is 0 Å². The molecule has 0 amide bonds. The van der Waals surface area contributed by atoms with Gasteiger partial charge < -0.3 is 9.53 Å². The molecular formula is C13H22O2. The maximum Gasteiger partial charge on any atom is 0.148 e. The normalized spacial score (nSPS) is 41.3. The van der Waals surface area contributed by atoms with Gasteiger partial charge in [-0.05, 0) is 50.4 Å². The first-order valence-corrected chi connectivity index (χ1v) is 6.28. The van der Waals surface area contributed by atoms with E-state index in [9.17, 15) is 4.79 Å². The molecule has 1 aliphatic heterocycles. The Balaban J connectivity index is 1.90. The second-order valence-electron chi connectivity index (χ2n) is 5.60. The standard InChI is InChI=1S/C13H22O2/c1-10(2)11-3-6-13(7-4-11)8-5-12(9-14)15-13/h9-12H,3-8H2,1-2H3. The van der Waals surface area contributed by atoms with E-state index in [1.807, 2.05) is 0 Å². The van der Waals surface area contributed by atoms with E-state index < -0.39 is 0 Å². The molecule has 0 radical (unpaired) electrons. The number of hydrogen-bond acceptors (Lipinski definition) is 2. The van der Waals surface area contributed by atoms with Crippen LogP contribution in [0.25, 0.3) is 0 Å². The molecule has 1 spiro atoms. The second-order valence-corrected chi connectivity index (χ2v) is 5.60. The number of carbonyl (C=O) groups is 1. The summed E-state index contributed by atoms with van der Waals surface area (Å²) < 4.78 is 5.90. The largest absolute Gasteiger partial charge is 0.364 e. The number of carbonyl (C=O) groups excluding carboxylic acids is 1. The first kappa shape index (κ1) is 11.1. The van der Waals surface area contributed by atoms with Crippen LogP contribution in [-0.4, -0.2) is 18.0 Å². The summed E-state index contributed by atoms with van der Waals surface area (Å²) in [7, 11) is 0. The third-order valence-corrected chi connectivity index (χ3v) is 4.32. The minimum absolute atomic E-state index is 0.0803. The highest BCUT2D eigenvalue weighted by atomic mass is 16.5. The van der Waals surface area contributed by atoms with E-state index in [1.54, 1.807) is 0 Å². The van der Waals surface area contributed by atoms with Crippen LogP contribution in [0.3, 0.4) is 0 Å². The van der Waals surface area contributed by atoms with Crippen LogP contribution in [0, 0.1) is 11.8 Å². The fraction of sp³-hybridized carbons (Fsp3) is 0.923. The second kappa shape index (κ2) is 4.25. The average Bonchev–Trinajstić information content (AvgIpc) is 2.62. The molecule has 2 fully saturated rings. The highest BCUT2D eigenvalue weighted by Crippen LogP contribution is 2.44. The Labute approximate surface area is 92.4 Å². The molecule has 2 nitrogen and oxygen atoms in total. The van der Waals surface area contributed by atoms with E-state index in [1.165, 1.54) is 25.7 Å². The van der Waals surface area contributed by atoms with Gasteiger partial charge in [0.2, 0.25) is 0 Å². The van der Waals surface area contributed by atoms with Crippen molar-refractivity contribution in [3.8, 4) is 0 Å². The first-order chi connectivity index (χ1) is 7.15. The molecule has 0 N–H and O–H groups in total. The summed E-state index contributed by atoms with van der Waals surface area (Å²) in [5.41, 5.74) is 0.0803. The molecule has 1 atom stereocenters. The molecule has 86 valence electrons. The molecule has 1 unspecified atom stereocenters. The Morgan fingerprint density at radius 2 is 1.80 bits per heavy atom. The van der Waals surface area contributed by atoms with Crippen LogP contribution in [0.15, 0.2) is 0 Å². The zero-order valence-corrected chi connectivity index (χ0v) is 9.87. The van der Waals surface area contributed by atoms with Crippen molar-refractivity contribution in [2.24, 2.45) is 11.8 Å². The van der Waals surface area contributed by atoms with Gasteiger partial charge in [0.05, 0.1) is 5.60 Å². The van der Waals surface area contributed by atoms with Crippen molar-refractivity contribution in [1.29, 1.82) is 0 Å². The number of rotatable bonds is 2. The summed E-state index contributed by atoms with van der Waals surface area (Å²) in [6.45, 7) is 4.62. The summed E-state index contributed by atoms with van der Waals surface area (Å²) >= 11 is 0. The van der Waals surface area contributed by atoms with E-state index in [4.69, 9.17) is 4.74 Å². The topological polar surface area (TPSA) is 26.3 Å². The number of hydrogen-bond donors (Lipinski definition) is 0. The summed E-state index contributed by atoms with van der Waals surface area (Å²) in [5, 5.41) is 0. The van der Waals surface area contributed by atoms with Gasteiger partial charge in [-0.3, -0.25) is 0 Å². The zero-order chi connectivity index (χ0) is 10.9. The number of aldehydes is 1. The Bertz CT molecular complexity index is 227.